The van der Waals surface area contributed by atoms with Crippen LogP contribution >= 0.6 is 0 Å². The molecular weight excluding hydrogens is 773 g/mol. The van der Waals surface area contributed by atoms with Crippen LogP contribution in [0.15, 0.2) is 85.2 Å². The topological polar surface area (TPSA) is 160 Å². The zero-order chi connectivity index (χ0) is 42.6. The molecule has 6 aromatic rings. The van der Waals surface area contributed by atoms with Crippen LogP contribution < -0.4 is 10.1 Å². The fourth-order valence-electron chi connectivity index (χ4n) is 8.96. The molecule has 0 spiro atoms. The summed E-state index contributed by atoms with van der Waals surface area (Å²) in [6.45, 7) is 10.7. The van der Waals surface area contributed by atoms with Crippen molar-refractivity contribution in [3.05, 3.63) is 102 Å². The molecule has 3 aromatic heterocycles. The van der Waals surface area contributed by atoms with Crippen LogP contribution in [-0.4, -0.2) is 84.2 Å². The van der Waals surface area contributed by atoms with Gasteiger partial charge in [0.15, 0.2) is 0 Å². The number of nitrogens with zero attached hydrogens (tertiary/aromatic N) is 5. The Hall–Kier alpha value is -6.57. The number of aromatic nitrogens is 5. The second kappa shape index (κ2) is 15.8. The predicted octanol–water partition coefficient (Wildman–Crippen LogP) is 9.14. The number of ether oxygens (including phenoxy) is 3. The van der Waals surface area contributed by atoms with Crippen LogP contribution in [0.2, 0.25) is 0 Å². The van der Waals surface area contributed by atoms with Gasteiger partial charge >= 0.3 is 12.2 Å². The highest BCUT2D eigenvalue weighted by molar-refractivity contribution is 5.92. The number of alkyl carbamates (subject to hydrolysis) is 1. The molecule has 3 N–H and O–H groups in total. The van der Waals surface area contributed by atoms with Gasteiger partial charge < -0.3 is 39.0 Å². The van der Waals surface area contributed by atoms with Crippen LogP contribution in [0.4, 0.5) is 9.59 Å². The van der Waals surface area contributed by atoms with E-state index in [2.05, 4.69) is 74.4 Å². The van der Waals surface area contributed by atoms with Crippen molar-refractivity contribution >= 4 is 29.0 Å². The summed E-state index contributed by atoms with van der Waals surface area (Å²) in [7, 11) is 1.29. The summed E-state index contributed by atoms with van der Waals surface area (Å²) in [5, 5.41) is 3.77. The summed E-state index contributed by atoms with van der Waals surface area (Å²) in [5.74, 6) is 1.92. The highest BCUT2D eigenvalue weighted by atomic mass is 16.6. The van der Waals surface area contributed by atoms with E-state index in [9.17, 15) is 14.4 Å². The molecule has 3 aromatic carbocycles. The minimum Gasteiger partial charge on any atom is -0.465 e. The van der Waals surface area contributed by atoms with Crippen LogP contribution in [0, 0.1) is 5.92 Å². The van der Waals surface area contributed by atoms with Crippen molar-refractivity contribution in [1.82, 2.24) is 39.6 Å². The molecule has 14 heteroatoms. The Kier molecular flexibility index (Phi) is 10.3. The number of H-pyrrole nitrogens is 2. The number of rotatable bonds is 8. The number of carbonyl (C=O) groups excluding carboxylic acids is 3. The third kappa shape index (κ3) is 7.59. The number of carbonyl (C=O) groups is 3. The second-order valence-electron chi connectivity index (χ2n) is 17.5. The maximum absolute atomic E-state index is 13.8. The normalized spacial score (nSPS) is 19.1. The third-order valence-corrected chi connectivity index (χ3v) is 11.9. The summed E-state index contributed by atoms with van der Waals surface area (Å²) in [5.41, 5.74) is 7.05. The Labute approximate surface area is 354 Å². The summed E-state index contributed by atoms with van der Waals surface area (Å²) in [6, 6.07) is 23.9. The SMILES string of the molecule is COC(=O)NC(C(=O)N1CCCC1c1ncc(-c2ccc3c(c2)OC(c2ccccc2)n2c-3cc3cc(-c4cnc(C5CCCN5C(=O)OC(C)(C)C)[nH]4)ccc32)[nH]1)C(C)C. The monoisotopic (exact) mass is 824 g/mol. The van der Waals surface area contributed by atoms with E-state index in [1.54, 1.807) is 4.90 Å². The summed E-state index contributed by atoms with van der Waals surface area (Å²) in [4.78, 5) is 59.0. The van der Waals surface area contributed by atoms with Gasteiger partial charge in [-0.15, -0.1) is 0 Å². The number of imidazole rings is 2. The average Bonchev–Trinajstić information content (AvgIpc) is 4.10. The van der Waals surface area contributed by atoms with Crippen molar-refractivity contribution < 1.29 is 28.6 Å². The summed E-state index contributed by atoms with van der Waals surface area (Å²) in [6.07, 6.45) is 5.57. The zero-order valence-corrected chi connectivity index (χ0v) is 35.4. The predicted molar refractivity (Wildman–Crippen MR) is 231 cm³/mol. The number of likely N-dealkylation sites (tertiary alicyclic amines) is 2. The number of aromatic amines is 2. The third-order valence-electron chi connectivity index (χ3n) is 11.9. The van der Waals surface area contributed by atoms with E-state index in [4.69, 9.17) is 24.2 Å². The second-order valence-corrected chi connectivity index (χ2v) is 17.5. The molecule has 2 saturated heterocycles. The number of hydrogen-bond acceptors (Lipinski definition) is 8. The quantitative estimate of drug-likeness (QED) is 0.137. The Morgan fingerprint density at radius 3 is 2.13 bits per heavy atom. The highest BCUT2D eigenvalue weighted by Crippen LogP contribution is 2.46. The molecule has 0 saturated carbocycles. The first-order valence-electron chi connectivity index (χ1n) is 21.1. The van der Waals surface area contributed by atoms with Crippen LogP contribution in [0.5, 0.6) is 5.75 Å². The Morgan fingerprint density at radius 1 is 0.836 bits per heavy atom. The first-order valence-corrected chi connectivity index (χ1v) is 21.1. The standard InChI is InChI=1S/C47H52N8O6/c1-27(2)40(52-45(57)59-6)43(56)53-20-10-14-36(53)41-48-26-34(51-41)30-16-18-32-38-23-31-22-29(17-19-35(31)55(38)44(60-39(32)24-30)28-12-8-7-9-13-28)33-25-49-42(50-33)37-15-11-21-54(37)46(58)61-47(3,4)5/h7-9,12-13,16-19,22-27,36-37,40,44H,10-11,14-15,20-21H2,1-6H3,(H,48,51)(H,49,50)(H,52,57). The molecule has 61 heavy (non-hydrogen) atoms. The molecule has 3 amide bonds. The Morgan fingerprint density at radius 2 is 1.48 bits per heavy atom. The molecule has 0 aliphatic carbocycles. The van der Waals surface area contributed by atoms with E-state index in [1.165, 1.54) is 7.11 Å². The minimum atomic E-state index is -0.710. The maximum atomic E-state index is 13.8. The minimum absolute atomic E-state index is 0.123. The molecule has 2 fully saturated rings. The van der Waals surface area contributed by atoms with Crippen molar-refractivity contribution in [1.29, 1.82) is 0 Å². The van der Waals surface area contributed by atoms with Crippen molar-refractivity contribution in [2.75, 3.05) is 20.2 Å². The molecule has 4 atom stereocenters. The summed E-state index contributed by atoms with van der Waals surface area (Å²) >= 11 is 0. The van der Waals surface area contributed by atoms with E-state index < -0.39 is 24.0 Å². The van der Waals surface area contributed by atoms with Gasteiger partial charge in [-0.05, 0) is 82.7 Å². The van der Waals surface area contributed by atoms with Crippen molar-refractivity contribution in [3.63, 3.8) is 0 Å². The summed E-state index contributed by atoms with van der Waals surface area (Å²) < 4.78 is 19.7. The van der Waals surface area contributed by atoms with E-state index in [1.807, 2.05) is 70.1 Å². The van der Waals surface area contributed by atoms with Gasteiger partial charge in [0.2, 0.25) is 12.1 Å². The largest absolute Gasteiger partial charge is 0.465 e. The number of methoxy groups -OCH3 is 1. The first kappa shape index (κ1) is 39.9. The molecule has 9 rings (SSSR count). The van der Waals surface area contributed by atoms with Gasteiger partial charge in [0, 0.05) is 40.7 Å². The lowest BCUT2D eigenvalue weighted by atomic mass is 10.0. The van der Waals surface area contributed by atoms with Crippen LogP contribution in [0.3, 0.4) is 0 Å². The maximum Gasteiger partial charge on any atom is 0.410 e. The van der Waals surface area contributed by atoms with Gasteiger partial charge in [-0.25, -0.2) is 19.6 Å². The van der Waals surface area contributed by atoms with Gasteiger partial charge in [0.05, 0.1) is 54.2 Å². The van der Waals surface area contributed by atoms with Gasteiger partial charge in [0.1, 0.15) is 29.0 Å². The van der Waals surface area contributed by atoms with Gasteiger partial charge in [-0.1, -0.05) is 56.3 Å². The van der Waals surface area contributed by atoms with Crippen LogP contribution in [-0.2, 0) is 14.3 Å². The zero-order valence-electron chi connectivity index (χ0n) is 35.4. The van der Waals surface area contributed by atoms with Gasteiger partial charge in [-0.3, -0.25) is 9.69 Å². The van der Waals surface area contributed by atoms with Crippen molar-refractivity contribution in [2.45, 2.75) is 90.3 Å². The molecule has 14 nitrogen and oxygen atoms in total. The molecule has 6 heterocycles. The first-order chi connectivity index (χ1) is 29.4. The molecular formula is C47H52N8O6. The highest BCUT2D eigenvalue weighted by Gasteiger charge is 2.38. The average molecular weight is 825 g/mol. The van der Waals surface area contributed by atoms with Crippen molar-refractivity contribution in [3.8, 4) is 39.5 Å². The van der Waals surface area contributed by atoms with E-state index in [0.29, 0.717) is 18.9 Å². The van der Waals surface area contributed by atoms with Gasteiger partial charge in [0.25, 0.3) is 0 Å². The molecule has 0 bridgehead atoms. The van der Waals surface area contributed by atoms with E-state index in [0.717, 1.165) is 87.5 Å². The lowest BCUT2D eigenvalue weighted by molar-refractivity contribution is -0.135. The van der Waals surface area contributed by atoms with Gasteiger partial charge in [-0.2, -0.15) is 0 Å². The number of hydrogen-bond donors (Lipinski definition) is 3. The fourth-order valence-corrected chi connectivity index (χ4v) is 8.96. The number of benzene rings is 3. The Balaban J connectivity index is 1.01. The fraction of sp³-hybridized carbons (Fsp3) is 0.383. The van der Waals surface area contributed by atoms with E-state index >= 15 is 0 Å². The molecule has 0 radical (unpaired) electrons. The number of nitrogens with one attached hydrogen (secondary N) is 3. The lowest BCUT2D eigenvalue weighted by Crippen LogP contribution is -2.51. The lowest BCUT2D eigenvalue weighted by Gasteiger charge is -2.30. The van der Waals surface area contributed by atoms with E-state index in [-0.39, 0.29) is 30.0 Å². The molecule has 3 aliphatic rings. The molecule has 3 aliphatic heterocycles. The molecule has 316 valence electrons. The Bertz CT molecular complexity index is 2600. The number of amides is 3. The van der Waals surface area contributed by atoms with Crippen molar-refractivity contribution in [2.24, 2.45) is 5.92 Å². The van der Waals surface area contributed by atoms with Crippen LogP contribution in [0.1, 0.15) is 95.8 Å². The van der Waals surface area contributed by atoms with Crippen LogP contribution in [0.25, 0.3) is 44.7 Å². The smallest absolute Gasteiger partial charge is 0.410 e. The number of fused-ring (bicyclic) bond motifs is 5. The molecule has 4 unspecified atom stereocenters.